The zero-order valence-electron chi connectivity index (χ0n) is 11.8. The van der Waals surface area contributed by atoms with Crippen LogP contribution in [0.25, 0.3) is 22.6 Å². The molecule has 0 aliphatic carbocycles. The molecule has 116 valence electrons. The molecule has 3 aromatic rings. The number of hydrogen-bond donors (Lipinski definition) is 1. The van der Waals surface area contributed by atoms with E-state index in [9.17, 15) is 19.6 Å². The summed E-state index contributed by atoms with van der Waals surface area (Å²) in [4.78, 5) is 10.2. The Morgan fingerprint density at radius 2 is 1.91 bits per heavy atom. The van der Waals surface area contributed by atoms with Gasteiger partial charge < -0.3 is 9.63 Å². The summed E-state index contributed by atoms with van der Waals surface area (Å²) in [6.45, 7) is -0.359. The van der Waals surface area contributed by atoms with Gasteiger partial charge in [0.2, 0.25) is 0 Å². The van der Waals surface area contributed by atoms with Gasteiger partial charge in [0.05, 0.1) is 17.1 Å². The van der Waals surface area contributed by atoms with E-state index in [1.807, 2.05) is 0 Å². The van der Waals surface area contributed by atoms with Gasteiger partial charge in [-0.3, -0.25) is 10.1 Å². The Bertz CT molecular complexity index is 859. The molecule has 0 fully saturated rings. The van der Waals surface area contributed by atoms with Crippen LogP contribution in [0.1, 0.15) is 5.56 Å². The monoisotopic (exact) mass is 314 g/mol. The van der Waals surface area contributed by atoms with Crippen LogP contribution in [0.15, 0.2) is 53.1 Å². The number of hydrogen-bond acceptors (Lipinski definition) is 5. The van der Waals surface area contributed by atoms with Crippen molar-refractivity contribution in [2.24, 2.45) is 0 Å². The maximum absolute atomic E-state index is 13.3. The van der Waals surface area contributed by atoms with Crippen LogP contribution in [0.4, 0.5) is 10.1 Å². The summed E-state index contributed by atoms with van der Waals surface area (Å²) in [5.74, 6) is -0.167. The number of aromatic nitrogens is 1. The van der Waals surface area contributed by atoms with Crippen molar-refractivity contribution in [3.8, 4) is 22.6 Å². The summed E-state index contributed by atoms with van der Waals surface area (Å²) in [6.07, 6.45) is 0. The van der Waals surface area contributed by atoms with Crippen molar-refractivity contribution >= 4 is 5.69 Å². The average Bonchev–Trinajstić information content (AvgIpc) is 2.98. The molecule has 0 atom stereocenters. The zero-order chi connectivity index (χ0) is 16.4. The molecule has 0 aliphatic rings. The first-order valence-electron chi connectivity index (χ1n) is 6.70. The molecule has 0 radical (unpaired) electrons. The zero-order valence-corrected chi connectivity index (χ0v) is 11.8. The highest BCUT2D eigenvalue weighted by atomic mass is 19.1. The van der Waals surface area contributed by atoms with Gasteiger partial charge in [0.1, 0.15) is 11.5 Å². The van der Waals surface area contributed by atoms with Crippen LogP contribution in [-0.4, -0.2) is 15.2 Å². The third-order valence-corrected chi connectivity index (χ3v) is 3.38. The molecule has 0 spiro atoms. The number of halogens is 1. The van der Waals surface area contributed by atoms with Crippen LogP contribution in [0, 0.1) is 15.9 Å². The van der Waals surface area contributed by atoms with Crippen LogP contribution < -0.4 is 0 Å². The topological polar surface area (TPSA) is 89.4 Å². The first kappa shape index (κ1) is 14.9. The summed E-state index contributed by atoms with van der Waals surface area (Å²) in [5, 5.41) is 24.2. The van der Waals surface area contributed by atoms with Crippen molar-refractivity contribution in [3.63, 3.8) is 0 Å². The van der Waals surface area contributed by atoms with Crippen molar-refractivity contribution in [1.29, 1.82) is 0 Å². The van der Waals surface area contributed by atoms with E-state index in [0.29, 0.717) is 22.4 Å². The number of nitro groups is 1. The minimum atomic E-state index is -0.502. The van der Waals surface area contributed by atoms with Crippen LogP contribution in [-0.2, 0) is 6.61 Å². The molecule has 0 amide bonds. The molecule has 3 rings (SSSR count). The van der Waals surface area contributed by atoms with E-state index < -0.39 is 10.7 Å². The Hall–Kier alpha value is -3.06. The van der Waals surface area contributed by atoms with Gasteiger partial charge in [-0.25, -0.2) is 4.39 Å². The average molecular weight is 314 g/mol. The van der Waals surface area contributed by atoms with Crippen LogP contribution in [0.3, 0.4) is 0 Å². The predicted molar refractivity (Wildman–Crippen MR) is 79.9 cm³/mol. The standard InChI is InChI=1S/C16H11FN2O4/c17-12-3-1-2-11(8-12)16-14(9-20)15(18-23-16)10-4-6-13(7-5-10)19(21)22/h1-8,20H,9H2. The second-order valence-corrected chi connectivity index (χ2v) is 4.81. The normalized spacial score (nSPS) is 10.7. The lowest BCUT2D eigenvalue weighted by Gasteiger charge is -2.01. The molecule has 0 unspecified atom stereocenters. The second-order valence-electron chi connectivity index (χ2n) is 4.81. The molecular formula is C16H11FN2O4. The van der Waals surface area contributed by atoms with Crippen molar-refractivity contribution in [2.75, 3.05) is 0 Å². The van der Waals surface area contributed by atoms with E-state index in [-0.39, 0.29) is 18.1 Å². The molecule has 6 nitrogen and oxygen atoms in total. The highest BCUT2D eigenvalue weighted by Gasteiger charge is 2.19. The lowest BCUT2D eigenvalue weighted by atomic mass is 10.0. The summed E-state index contributed by atoms with van der Waals surface area (Å²) in [7, 11) is 0. The number of benzene rings is 2. The lowest BCUT2D eigenvalue weighted by Crippen LogP contribution is -1.91. The highest BCUT2D eigenvalue weighted by molar-refractivity contribution is 5.72. The molecule has 0 aliphatic heterocycles. The van der Waals surface area contributed by atoms with Gasteiger partial charge in [0.15, 0.2) is 5.76 Å². The van der Waals surface area contributed by atoms with Gasteiger partial charge >= 0.3 is 0 Å². The Labute approximate surface area is 129 Å². The van der Waals surface area contributed by atoms with E-state index in [4.69, 9.17) is 4.52 Å². The predicted octanol–water partition coefficient (Wildman–Crippen LogP) is 3.55. The molecule has 1 N–H and O–H groups in total. The molecule has 0 saturated carbocycles. The number of rotatable bonds is 4. The van der Waals surface area contributed by atoms with Gasteiger partial charge in [-0.1, -0.05) is 17.3 Å². The van der Waals surface area contributed by atoms with Gasteiger partial charge in [-0.05, 0) is 24.3 Å². The first-order chi connectivity index (χ1) is 11.1. The number of aliphatic hydroxyl groups is 1. The smallest absolute Gasteiger partial charge is 0.269 e. The Morgan fingerprint density at radius 3 is 2.52 bits per heavy atom. The molecule has 1 heterocycles. The quantitative estimate of drug-likeness (QED) is 0.587. The minimum absolute atomic E-state index is 0.0480. The summed E-state index contributed by atoms with van der Waals surface area (Å²) >= 11 is 0. The third-order valence-electron chi connectivity index (χ3n) is 3.38. The molecule has 0 saturated heterocycles. The van der Waals surface area contributed by atoms with Crippen LogP contribution >= 0.6 is 0 Å². The number of aliphatic hydroxyl groups excluding tert-OH is 1. The van der Waals surface area contributed by atoms with E-state index in [0.717, 1.165) is 0 Å². The van der Waals surface area contributed by atoms with Crippen molar-refractivity contribution in [1.82, 2.24) is 5.16 Å². The molecule has 7 heteroatoms. The van der Waals surface area contributed by atoms with Crippen molar-refractivity contribution < 1.29 is 18.9 Å². The molecular weight excluding hydrogens is 303 g/mol. The van der Waals surface area contributed by atoms with Gasteiger partial charge in [0, 0.05) is 23.3 Å². The van der Waals surface area contributed by atoms with Crippen LogP contribution in [0.5, 0.6) is 0 Å². The highest BCUT2D eigenvalue weighted by Crippen LogP contribution is 2.33. The Kier molecular flexibility index (Phi) is 3.86. The largest absolute Gasteiger partial charge is 0.391 e. The third kappa shape index (κ3) is 2.82. The minimum Gasteiger partial charge on any atom is -0.391 e. The van der Waals surface area contributed by atoms with Gasteiger partial charge in [-0.2, -0.15) is 0 Å². The maximum atomic E-state index is 13.3. The molecule has 2 aromatic carbocycles. The molecule has 23 heavy (non-hydrogen) atoms. The van der Waals surface area contributed by atoms with Crippen molar-refractivity contribution in [3.05, 3.63) is 70.0 Å². The summed E-state index contributed by atoms with van der Waals surface area (Å²) in [6, 6.07) is 11.5. The number of nitrogens with zero attached hydrogens (tertiary/aromatic N) is 2. The van der Waals surface area contributed by atoms with Crippen LogP contribution in [0.2, 0.25) is 0 Å². The summed E-state index contributed by atoms with van der Waals surface area (Å²) < 4.78 is 18.6. The fraction of sp³-hybridized carbons (Fsp3) is 0.0625. The van der Waals surface area contributed by atoms with E-state index >= 15 is 0 Å². The van der Waals surface area contributed by atoms with E-state index in [2.05, 4.69) is 5.16 Å². The van der Waals surface area contributed by atoms with Crippen molar-refractivity contribution in [2.45, 2.75) is 6.61 Å². The summed E-state index contributed by atoms with van der Waals surface area (Å²) in [5.41, 5.74) is 1.72. The Morgan fingerprint density at radius 1 is 1.17 bits per heavy atom. The lowest BCUT2D eigenvalue weighted by molar-refractivity contribution is -0.384. The van der Waals surface area contributed by atoms with E-state index in [1.54, 1.807) is 6.07 Å². The maximum Gasteiger partial charge on any atom is 0.269 e. The van der Waals surface area contributed by atoms with Gasteiger partial charge in [0.25, 0.3) is 5.69 Å². The number of non-ortho nitro benzene ring substituents is 1. The molecule has 1 aromatic heterocycles. The number of nitro benzene ring substituents is 1. The Balaban J connectivity index is 2.06. The second kappa shape index (κ2) is 5.98. The fourth-order valence-electron chi connectivity index (χ4n) is 2.28. The molecule has 0 bridgehead atoms. The van der Waals surface area contributed by atoms with Gasteiger partial charge in [-0.15, -0.1) is 0 Å². The first-order valence-corrected chi connectivity index (χ1v) is 6.70. The SMILES string of the molecule is O=[N+]([O-])c1ccc(-c2noc(-c3cccc(F)c3)c2CO)cc1. The van der Waals surface area contributed by atoms with E-state index in [1.165, 1.54) is 42.5 Å². The fourth-order valence-corrected chi connectivity index (χ4v) is 2.28.